The van der Waals surface area contributed by atoms with E-state index in [9.17, 15) is 43.2 Å². The van der Waals surface area contributed by atoms with Crippen molar-refractivity contribution in [2.75, 3.05) is 32.7 Å². The molecule has 0 fully saturated rings. The predicted octanol–water partition coefficient (Wildman–Crippen LogP) is -0.923. The molecule has 4 rings (SSSR count). The Bertz CT molecular complexity index is 2790. The zero-order chi connectivity index (χ0) is 58.7. The molecule has 3 aromatic carbocycles. The third-order valence-corrected chi connectivity index (χ3v) is 12.6. The largest absolute Gasteiger partial charge is 0.370 e. The van der Waals surface area contributed by atoms with Crippen LogP contribution in [0.25, 0.3) is 22.0 Å². The molecule has 0 aliphatic carbocycles. The van der Waals surface area contributed by atoms with E-state index in [2.05, 4.69) is 57.5 Å². The number of aromatic nitrogens is 1. The maximum atomic E-state index is 14.2. The van der Waals surface area contributed by atoms with E-state index < -0.39 is 97.1 Å². The van der Waals surface area contributed by atoms with E-state index in [-0.39, 0.29) is 87.7 Å². The van der Waals surface area contributed by atoms with E-state index >= 15 is 0 Å². The highest BCUT2D eigenvalue weighted by molar-refractivity contribution is 5.96. The Morgan fingerprint density at radius 3 is 1.62 bits per heavy atom. The highest BCUT2D eigenvalue weighted by atomic mass is 16.2. The highest BCUT2D eigenvalue weighted by Crippen LogP contribution is 2.21. The van der Waals surface area contributed by atoms with Crippen molar-refractivity contribution in [3.63, 3.8) is 0 Å². The zero-order valence-electron chi connectivity index (χ0n) is 45.8. The van der Waals surface area contributed by atoms with Crippen LogP contribution in [-0.4, -0.2) is 133 Å². The quantitative estimate of drug-likeness (QED) is 0.0156. The lowest BCUT2D eigenvalue weighted by Gasteiger charge is -2.26. The van der Waals surface area contributed by atoms with Gasteiger partial charge in [-0.05, 0) is 78.7 Å². The van der Waals surface area contributed by atoms with Crippen LogP contribution in [0.2, 0.25) is 0 Å². The van der Waals surface area contributed by atoms with Crippen LogP contribution >= 0.6 is 0 Å². The number of benzene rings is 3. The molecule has 25 heteroatoms. The maximum Gasteiger partial charge on any atom is 0.243 e. The molecule has 80 heavy (non-hydrogen) atoms. The predicted molar refractivity (Wildman–Crippen MR) is 304 cm³/mol. The van der Waals surface area contributed by atoms with Crippen molar-refractivity contribution >= 4 is 76.0 Å². The van der Waals surface area contributed by atoms with Gasteiger partial charge in [0, 0.05) is 43.0 Å². The van der Waals surface area contributed by atoms with Crippen molar-refractivity contribution in [1.82, 2.24) is 47.5 Å². The number of hydrogen-bond acceptors (Lipinski definition) is 11. The summed E-state index contributed by atoms with van der Waals surface area (Å²) in [6.45, 7) is 5.51. The summed E-state index contributed by atoms with van der Waals surface area (Å²) < 4.78 is 0. The van der Waals surface area contributed by atoms with E-state index in [0.29, 0.717) is 12.0 Å². The molecule has 0 bridgehead atoms. The minimum atomic E-state index is -1.29. The van der Waals surface area contributed by atoms with Crippen LogP contribution in [0.1, 0.15) is 77.3 Å². The molecule has 9 amide bonds. The van der Waals surface area contributed by atoms with Gasteiger partial charge in [-0.2, -0.15) is 0 Å². The number of amides is 9. The first kappa shape index (κ1) is 63.5. The van der Waals surface area contributed by atoms with Gasteiger partial charge in [-0.1, -0.05) is 100 Å². The van der Waals surface area contributed by atoms with Gasteiger partial charge in [-0.15, -0.1) is 0 Å². The zero-order valence-corrected chi connectivity index (χ0v) is 45.8. The lowest BCUT2D eigenvalue weighted by atomic mass is 9.99. The monoisotopic (exact) mass is 1110 g/mol. The summed E-state index contributed by atoms with van der Waals surface area (Å²) in [4.78, 5) is 131. The number of fused-ring (bicyclic) bond motifs is 1. The molecule has 0 saturated heterocycles. The van der Waals surface area contributed by atoms with Crippen LogP contribution in [0, 0.1) is 11.8 Å². The van der Waals surface area contributed by atoms with Gasteiger partial charge >= 0.3 is 0 Å². The number of carbonyl (C=O) groups excluding carboxylic acids is 9. The SMILES string of the molecule is CC(C)CC(NC(=O)C(CCCN=C(N)N)NC(=O)CNC(=O)CNC(=O)C(CCCN=C(N)N)NC(=O)C(Cc1ccc(-c2ccccc2)cc1)NC(=O)CNC(=O)CCc1c[nH]c2ccccc12)C(=O)NC(C(N)=O)C(C)C. The fourth-order valence-corrected chi connectivity index (χ4v) is 8.40. The van der Waals surface area contributed by atoms with Crippen LogP contribution < -0.4 is 71.2 Å². The summed E-state index contributed by atoms with van der Waals surface area (Å²) in [5.74, 6) is -7.17. The number of nitrogens with zero attached hydrogens (tertiary/aromatic N) is 2. The summed E-state index contributed by atoms with van der Waals surface area (Å²) in [6.07, 6.45) is 2.91. The number of nitrogens with two attached hydrogens (primary N) is 5. The molecule has 0 spiro atoms. The fourth-order valence-electron chi connectivity index (χ4n) is 8.40. The van der Waals surface area contributed by atoms with Gasteiger partial charge in [0.1, 0.15) is 30.2 Å². The van der Waals surface area contributed by atoms with Crippen molar-refractivity contribution in [3.8, 4) is 11.1 Å². The number of para-hydroxylation sites is 1. The van der Waals surface area contributed by atoms with Gasteiger partial charge < -0.3 is 76.2 Å². The first-order chi connectivity index (χ1) is 38.1. The Morgan fingerprint density at radius 2 is 1.04 bits per heavy atom. The standard InChI is InChI=1S/C55H78N16O9/c1-32(2)26-42(53(80)71-48(33(3)4)49(56)76)70-51(78)41(17-11-25-62-55(59)60)67-46(74)31-65-45(73)29-66-50(77)40(16-10-24-61-54(57)58)69-52(79)43(27-34-18-20-36(21-19-34)35-12-6-5-7-13-35)68-47(75)30-64-44(72)23-22-37-28-63-39-15-9-8-14-38(37)39/h5-9,12-15,18-21,28,32-33,40-43,48,63H,10-11,16-17,22-27,29-31H2,1-4H3,(H2,56,76)(H,64,72)(H,65,73)(H,66,77)(H,67,74)(H,68,75)(H,69,79)(H,70,78)(H,71,80)(H4,57,58,61)(H4,59,60,62). The summed E-state index contributed by atoms with van der Waals surface area (Å²) in [6, 6.07) is 18.8. The van der Waals surface area contributed by atoms with Crippen molar-refractivity contribution in [1.29, 1.82) is 0 Å². The Morgan fingerprint density at radius 1 is 0.525 bits per heavy atom. The Balaban J connectivity index is 1.43. The molecule has 19 N–H and O–H groups in total. The smallest absolute Gasteiger partial charge is 0.243 e. The number of guanidine groups is 2. The minimum absolute atomic E-state index is 0.00925. The molecule has 0 radical (unpaired) electrons. The summed E-state index contributed by atoms with van der Waals surface area (Å²) in [7, 11) is 0. The number of aromatic amines is 1. The van der Waals surface area contributed by atoms with Gasteiger partial charge in [0.05, 0.1) is 19.6 Å². The van der Waals surface area contributed by atoms with Crippen LogP contribution in [0.5, 0.6) is 0 Å². The van der Waals surface area contributed by atoms with Crippen molar-refractivity contribution < 1.29 is 43.2 Å². The van der Waals surface area contributed by atoms with Crippen LogP contribution in [0.15, 0.2) is 95.0 Å². The normalized spacial score (nSPS) is 12.8. The molecule has 5 atom stereocenters. The highest BCUT2D eigenvalue weighted by Gasteiger charge is 2.31. The molecule has 1 aromatic heterocycles. The van der Waals surface area contributed by atoms with Crippen LogP contribution in [0.4, 0.5) is 0 Å². The molecular weight excluding hydrogens is 1030 g/mol. The lowest BCUT2D eigenvalue weighted by Crippen LogP contribution is -2.58. The van der Waals surface area contributed by atoms with E-state index in [1.54, 1.807) is 13.8 Å². The van der Waals surface area contributed by atoms with E-state index in [0.717, 1.165) is 27.6 Å². The fraction of sp³-hybridized carbons (Fsp3) is 0.436. The number of aryl methyl sites for hydroxylation is 1. The van der Waals surface area contributed by atoms with Gasteiger partial charge in [-0.3, -0.25) is 53.1 Å². The van der Waals surface area contributed by atoms with Gasteiger partial charge in [0.25, 0.3) is 0 Å². The van der Waals surface area contributed by atoms with E-state index in [1.165, 1.54) is 0 Å². The van der Waals surface area contributed by atoms with Crippen molar-refractivity contribution in [2.45, 2.75) is 109 Å². The second kappa shape index (κ2) is 32.6. The lowest BCUT2D eigenvalue weighted by molar-refractivity contribution is -0.134. The number of aliphatic imine (C=N–C) groups is 2. The van der Waals surface area contributed by atoms with Crippen molar-refractivity contribution in [2.24, 2.45) is 50.5 Å². The Hall–Kier alpha value is -9.03. The number of nitrogens with one attached hydrogen (secondary N) is 9. The first-order valence-corrected chi connectivity index (χ1v) is 26.5. The van der Waals surface area contributed by atoms with Gasteiger partial charge in [-0.25, -0.2) is 0 Å². The van der Waals surface area contributed by atoms with Gasteiger partial charge in [0.2, 0.25) is 53.2 Å². The number of hydrogen-bond donors (Lipinski definition) is 14. The topological polar surface area (TPSA) is 420 Å². The Kier molecular flexibility index (Phi) is 25.9. The minimum Gasteiger partial charge on any atom is -0.370 e. The molecule has 0 aliphatic heterocycles. The van der Waals surface area contributed by atoms with Crippen molar-refractivity contribution in [3.05, 3.63) is 96.2 Å². The average molecular weight is 1110 g/mol. The van der Waals surface area contributed by atoms with Crippen LogP contribution in [-0.2, 0) is 56.0 Å². The molecule has 0 saturated carbocycles. The number of H-pyrrole nitrogens is 1. The molecule has 4 aromatic rings. The second-order valence-electron chi connectivity index (χ2n) is 19.9. The first-order valence-electron chi connectivity index (χ1n) is 26.5. The number of rotatable bonds is 33. The number of primary amides is 1. The third kappa shape index (κ3) is 22.5. The summed E-state index contributed by atoms with van der Waals surface area (Å²) >= 11 is 0. The van der Waals surface area contributed by atoms with E-state index in [4.69, 9.17) is 28.7 Å². The summed E-state index contributed by atoms with van der Waals surface area (Å²) in [5, 5.41) is 21.7. The Labute approximate surface area is 465 Å². The van der Waals surface area contributed by atoms with Gasteiger partial charge in [0.15, 0.2) is 11.9 Å². The number of carbonyl (C=O) groups is 9. The molecular formula is C55H78N16O9. The molecule has 25 nitrogen and oxygen atoms in total. The second-order valence-corrected chi connectivity index (χ2v) is 19.9. The third-order valence-electron chi connectivity index (χ3n) is 12.6. The molecule has 0 aliphatic rings. The van der Waals surface area contributed by atoms with Crippen LogP contribution in [0.3, 0.4) is 0 Å². The molecule has 1 heterocycles. The molecule has 432 valence electrons. The summed E-state index contributed by atoms with van der Waals surface area (Å²) in [5.41, 5.74) is 31.9. The maximum absolute atomic E-state index is 14.2. The van der Waals surface area contributed by atoms with E-state index in [1.807, 2.05) is 98.9 Å². The molecule has 5 unspecified atom stereocenters. The average Bonchev–Trinajstić information content (AvgIpc) is 3.87.